The number of para-hydroxylation sites is 2. The van der Waals surface area contributed by atoms with Crippen LogP contribution in [0.2, 0.25) is 0 Å². The Labute approximate surface area is 162 Å². The van der Waals surface area contributed by atoms with Crippen LogP contribution < -0.4 is 5.32 Å². The third kappa shape index (κ3) is 12.9. The van der Waals surface area contributed by atoms with Crippen molar-refractivity contribution < 1.29 is 5.11 Å². The van der Waals surface area contributed by atoms with Crippen LogP contribution >= 0.6 is 0 Å². The highest BCUT2D eigenvalue weighted by atomic mass is 16.3. The van der Waals surface area contributed by atoms with E-state index < -0.39 is 0 Å². The molecule has 2 nitrogen and oxygen atoms in total. The molecule has 1 rings (SSSR count). The number of hydrogen-bond acceptors (Lipinski definition) is 2. The van der Waals surface area contributed by atoms with Crippen LogP contribution in [0.4, 0.5) is 5.69 Å². The molecule has 0 aliphatic heterocycles. The topological polar surface area (TPSA) is 32.3 Å². The van der Waals surface area contributed by atoms with Crippen molar-refractivity contribution in [2.24, 2.45) is 0 Å². The molecule has 0 saturated heterocycles. The molecule has 0 unspecified atom stereocenters. The highest BCUT2D eigenvalue weighted by molar-refractivity contribution is 5.54. The van der Waals surface area contributed by atoms with Crippen LogP contribution in [-0.2, 0) is 0 Å². The largest absolute Gasteiger partial charge is 0.506 e. The second kappa shape index (κ2) is 17.0. The summed E-state index contributed by atoms with van der Waals surface area (Å²) in [5.41, 5.74) is 0.847. The summed E-state index contributed by atoms with van der Waals surface area (Å²) in [5, 5.41) is 13.0. The van der Waals surface area contributed by atoms with Crippen molar-refractivity contribution in [1.29, 1.82) is 0 Å². The van der Waals surface area contributed by atoms with Crippen LogP contribution in [0, 0.1) is 0 Å². The van der Waals surface area contributed by atoms with E-state index in [-0.39, 0.29) is 0 Å². The number of anilines is 1. The van der Waals surface area contributed by atoms with Gasteiger partial charge in [0.05, 0.1) is 5.69 Å². The minimum absolute atomic E-state index is 0.344. The quantitative estimate of drug-likeness (QED) is 0.169. The van der Waals surface area contributed by atoms with Crippen molar-refractivity contribution in [1.82, 2.24) is 0 Å². The molecule has 1 aromatic rings. The monoisotopic (exact) mass is 359 g/mol. The van der Waals surface area contributed by atoms with Crippen LogP contribution in [0.25, 0.3) is 0 Å². The van der Waals surface area contributed by atoms with E-state index >= 15 is 0 Å². The molecule has 0 bridgehead atoms. The lowest BCUT2D eigenvalue weighted by Gasteiger charge is -2.07. The van der Waals surface area contributed by atoms with Crippen molar-refractivity contribution in [2.75, 3.05) is 11.9 Å². The summed E-state index contributed by atoms with van der Waals surface area (Å²) in [6.45, 7) is 3.22. The summed E-state index contributed by atoms with van der Waals surface area (Å²) in [6, 6.07) is 7.45. The standard InChI is InChI=1S/C24H41NO/c1-2-3-4-5-6-7-8-9-10-11-12-13-14-15-16-19-22-25-23-20-17-18-21-24(23)26/h9-10,17-18,20-21,25-26H,2-8,11-16,19,22H2,1H3/b10-9-. The van der Waals surface area contributed by atoms with Gasteiger partial charge in [0.1, 0.15) is 5.75 Å². The van der Waals surface area contributed by atoms with E-state index in [1.54, 1.807) is 6.07 Å². The third-order valence-corrected chi connectivity index (χ3v) is 4.91. The SMILES string of the molecule is CCCCCCCC/C=C\CCCCCCCCNc1ccccc1O. The van der Waals surface area contributed by atoms with Crippen molar-refractivity contribution in [3.8, 4) is 5.75 Å². The normalized spacial score (nSPS) is 11.3. The van der Waals surface area contributed by atoms with Gasteiger partial charge in [0.2, 0.25) is 0 Å². The van der Waals surface area contributed by atoms with E-state index in [4.69, 9.17) is 0 Å². The Bertz CT molecular complexity index is 455. The maximum atomic E-state index is 9.68. The third-order valence-electron chi connectivity index (χ3n) is 4.91. The average molecular weight is 360 g/mol. The minimum Gasteiger partial charge on any atom is -0.506 e. The molecule has 0 saturated carbocycles. The Balaban J connectivity index is 1.79. The van der Waals surface area contributed by atoms with Crippen LogP contribution in [0.3, 0.4) is 0 Å². The zero-order valence-corrected chi connectivity index (χ0v) is 17.0. The number of aromatic hydroxyl groups is 1. The molecular formula is C24H41NO. The van der Waals surface area contributed by atoms with Gasteiger partial charge in [0.25, 0.3) is 0 Å². The van der Waals surface area contributed by atoms with Gasteiger partial charge in [-0.25, -0.2) is 0 Å². The number of phenols is 1. The predicted octanol–water partition coefficient (Wildman–Crippen LogP) is 7.84. The van der Waals surface area contributed by atoms with Gasteiger partial charge in [-0.1, -0.05) is 89.0 Å². The van der Waals surface area contributed by atoms with Gasteiger partial charge in [-0.3, -0.25) is 0 Å². The molecule has 0 spiro atoms. The Hall–Kier alpha value is -1.44. The lowest BCUT2D eigenvalue weighted by atomic mass is 10.1. The van der Waals surface area contributed by atoms with Crippen molar-refractivity contribution >= 4 is 5.69 Å². The molecule has 0 fully saturated rings. The maximum absolute atomic E-state index is 9.68. The number of phenolic OH excluding ortho intramolecular Hbond substituents is 1. The van der Waals surface area contributed by atoms with Gasteiger partial charge in [0.15, 0.2) is 0 Å². The fourth-order valence-corrected chi connectivity index (χ4v) is 3.22. The molecule has 2 N–H and O–H groups in total. The molecule has 0 aliphatic rings. The molecule has 0 atom stereocenters. The summed E-state index contributed by atoms with van der Waals surface area (Å²) >= 11 is 0. The fraction of sp³-hybridized carbons (Fsp3) is 0.667. The van der Waals surface area contributed by atoms with Gasteiger partial charge in [-0.2, -0.15) is 0 Å². The van der Waals surface area contributed by atoms with E-state index in [1.165, 1.54) is 89.9 Å². The van der Waals surface area contributed by atoms with E-state index in [9.17, 15) is 5.11 Å². The minimum atomic E-state index is 0.344. The van der Waals surface area contributed by atoms with Gasteiger partial charge in [0, 0.05) is 6.54 Å². The Morgan fingerprint density at radius 3 is 1.88 bits per heavy atom. The first-order valence-electron chi connectivity index (χ1n) is 11.0. The Morgan fingerprint density at radius 1 is 0.731 bits per heavy atom. The van der Waals surface area contributed by atoms with Crippen LogP contribution in [-0.4, -0.2) is 11.7 Å². The van der Waals surface area contributed by atoms with Crippen molar-refractivity contribution in [2.45, 2.75) is 96.8 Å². The zero-order valence-electron chi connectivity index (χ0n) is 17.0. The lowest BCUT2D eigenvalue weighted by Crippen LogP contribution is -2.01. The first kappa shape index (κ1) is 22.6. The number of allylic oxidation sites excluding steroid dienone is 2. The smallest absolute Gasteiger partial charge is 0.138 e. The van der Waals surface area contributed by atoms with Gasteiger partial charge in [-0.05, 0) is 44.2 Å². The van der Waals surface area contributed by atoms with Gasteiger partial charge < -0.3 is 10.4 Å². The molecule has 0 aromatic heterocycles. The number of hydrogen-bond donors (Lipinski definition) is 2. The maximum Gasteiger partial charge on any atom is 0.138 e. The molecule has 0 amide bonds. The summed E-state index contributed by atoms with van der Waals surface area (Å²) in [5.74, 6) is 0.344. The number of unbranched alkanes of at least 4 members (excludes halogenated alkanes) is 12. The fourth-order valence-electron chi connectivity index (χ4n) is 3.22. The van der Waals surface area contributed by atoms with Crippen molar-refractivity contribution in [3.63, 3.8) is 0 Å². The first-order chi connectivity index (χ1) is 12.8. The molecule has 2 heteroatoms. The van der Waals surface area contributed by atoms with E-state index in [0.29, 0.717) is 5.75 Å². The van der Waals surface area contributed by atoms with Gasteiger partial charge in [-0.15, -0.1) is 0 Å². The zero-order chi connectivity index (χ0) is 18.7. The summed E-state index contributed by atoms with van der Waals surface area (Å²) in [4.78, 5) is 0. The highest BCUT2D eigenvalue weighted by Crippen LogP contribution is 2.21. The van der Waals surface area contributed by atoms with Crippen LogP contribution in [0.1, 0.15) is 96.8 Å². The van der Waals surface area contributed by atoms with E-state index in [0.717, 1.165) is 12.2 Å². The summed E-state index contributed by atoms with van der Waals surface area (Å²) in [7, 11) is 0. The number of nitrogens with one attached hydrogen (secondary N) is 1. The van der Waals surface area contributed by atoms with E-state index in [1.807, 2.05) is 18.2 Å². The number of benzene rings is 1. The molecule has 1 aromatic carbocycles. The summed E-state index contributed by atoms with van der Waals surface area (Å²) in [6.07, 6.45) is 23.5. The van der Waals surface area contributed by atoms with Gasteiger partial charge >= 0.3 is 0 Å². The number of rotatable bonds is 17. The molecule has 148 valence electrons. The second-order valence-corrected chi connectivity index (χ2v) is 7.38. The average Bonchev–Trinajstić information content (AvgIpc) is 2.65. The highest BCUT2D eigenvalue weighted by Gasteiger charge is 1.97. The molecule has 0 aliphatic carbocycles. The van der Waals surface area contributed by atoms with Crippen molar-refractivity contribution in [3.05, 3.63) is 36.4 Å². The molecule has 26 heavy (non-hydrogen) atoms. The predicted molar refractivity (Wildman–Crippen MR) is 116 cm³/mol. The Morgan fingerprint density at radius 2 is 1.27 bits per heavy atom. The van der Waals surface area contributed by atoms with Crippen LogP contribution in [0.15, 0.2) is 36.4 Å². The van der Waals surface area contributed by atoms with E-state index in [2.05, 4.69) is 24.4 Å². The Kier molecular flexibility index (Phi) is 14.8. The molecular weight excluding hydrogens is 318 g/mol. The summed E-state index contributed by atoms with van der Waals surface area (Å²) < 4.78 is 0. The molecule has 0 heterocycles. The van der Waals surface area contributed by atoms with Crippen LogP contribution in [0.5, 0.6) is 5.75 Å². The molecule has 0 radical (unpaired) electrons. The second-order valence-electron chi connectivity index (χ2n) is 7.38. The lowest BCUT2D eigenvalue weighted by molar-refractivity contribution is 0.477. The first-order valence-corrected chi connectivity index (χ1v) is 11.0.